The van der Waals surface area contributed by atoms with Crippen molar-refractivity contribution in [2.24, 2.45) is 0 Å². The maximum atomic E-state index is 12.7. The number of benzene rings is 2. The first-order valence-electron chi connectivity index (χ1n) is 8.90. The molecule has 0 fully saturated rings. The maximum absolute atomic E-state index is 12.7. The van der Waals surface area contributed by atoms with Gasteiger partial charge in [0.25, 0.3) is 5.91 Å². The highest BCUT2D eigenvalue weighted by molar-refractivity contribution is 6.03. The Labute approximate surface area is 159 Å². The van der Waals surface area contributed by atoms with Crippen LogP contribution in [0.5, 0.6) is 0 Å². The van der Waals surface area contributed by atoms with E-state index in [2.05, 4.69) is 39.7 Å². The van der Waals surface area contributed by atoms with Gasteiger partial charge in [-0.3, -0.25) is 4.79 Å². The van der Waals surface area contributed by atoms with Crippen LogP contribution in [-0.2, 0) is 0 Å². The highest BCUT2D eigenvalue weighted by atomic mass is 16.1. The lowest BCUT2D eigenvalue weighted by molar-refractivity contribution is 0.102. The molecule has 0 radical (unpaired) electrons. The second-order valence-electron chi connectivity index (χ2n) is 6.99. The molecule has 5 nitrogen and oxygen atoms in total. The number of nitrogens with zero attached hydrogens (tertiary/aromatic N) is 2. The van der Waals surface area contributed by atoms with E-state index in [0.29, 0.717) is 11.6 Å². The summed E-state index contributed by atoms with van der Waals surface area (Å²) in [7, 11) is 0. The number of nitrogens with one attached hydrogen (secondary N) is 2. The Morgan fingerprint density at radius 1 is 0.815 bits per heavy atom. The minimum Gasteiger partial charge on any atom is -0.324 e. The van der Waals surface area contributed by atoms with E-state index in [4.69, 9.17) is 0 Å². The van der Waals surface area contributed by atoms with Crippen LogP contribution in [0.25, 0.3) is 0 Å². The molecule has 3 aromatic rings. The van der Waals surface area contributed by atoms with Crippen LogP contribution in [0.15, 0.2) is 42.5 Å². The van der Waals surface area contributed by atoms with Crippen molar-refractivity contribution >= 4 is 23.2 Å². The van der Waals surface area contributed by atoms with Crippen molar-refractivity contribution in [2.45, 2.75) is 34.6 Å². The minimum absolute atomic E-state index is 0.255. The fourth-order valence-electron chi connectivity index (χ4n) is 3.06. The number of carbonyl (C=O) groups is 1. The van der Waals surface area contributed by atoms with E-state index in [9.17, 15) is 4.79 Å². The quantitative estimate of drug-likeness (QED) is 0.686. The molecular weight excluding hydrogens is 336 g/mol. The molecule has 0 spiro atoms. The Morgan fingerprint density at radius 3 is 2.19 bits per heavy atom. The van der Waals surface area contributed by atoms with E-state index in [1.165, 1.54) is 5.56 Å². The summed E-state index contributed by atoms with van der Waals surface area (Å²) in [5, 5.41) is 6.14. The van der Waals surface area contributed by atoms with Crippen LogP contribution >= 0.6 is 0 Å². The third kappa shape index (κ3) is 4.70. The summed E-state index contributed by atoms with van der Waals surface area (Å²) in [6.45, 7) is 9.93. The molecule has 2 N–H and O–H groups in total. The predicted molar refractivity (Wildman–Crippen MR) is 110 cm³/mol. The first-order valence-corrected chi connectivity index (χ1v) is 8.90. The Hall–Kier alpha value is -3.21. The van der Waals surface area contributed by atoms with Gasteiger partial charge in [0.2, 0.25) is 5.95 Å². The molecule has 0 aliphatic carbocycles. The smallest absolute Gasteiger partial charge is 0.274 e. The van der Waals surface area contributed by atoms with Gasteiger partial charge in [-0.1, -0.05) is 23.8 Å². The van der Waals surface area contributed by atoms with E-state index in [-0.39, 0.29) is 5.91 Å². The van der Waals surface area contributed by atoms with Crippen LogP contribution in [0.1, 0.15) is 38.4 Å². The number of carbonyl (C=O) groups excluding carboxylic acids is 1. The second-order valence-corrected chi connectivity index (χ2v) is 6.99. The molecule has 0 saturated heterocycles. The summed E-state index contributed by atoms with van der Waals surface area (Å²) in [6.07, 6.45) is 0. The van der Waals surface area contributed by atoms with Crippen LogP contribution in [0, 0.1) is 34.6 Å². The van der Waals surface area contributed by atoms with Gasteiger partial charge in [0.1, 0.15) is 5.69 Å². The minimum atomic E-state index is -0.255. The Balaban J connectivity index is 1.84. The Kier molecular flexibility index (Phi) is 5.21. The van der Waals surface area contributed by atoms with Crippen LogP contribution in [-0.4, -0.2) is 15.9 Å². The Morgan fingerprint density at radius 2 is 1.52 bits per heavy atom. The van der Waals surface area contributed by atoms with Crippen molar-refractivity contribution in [3.63, 3.8) is 0 Å². The van der Waals surface area contributed by atoms with Crippen molar-refractivity contribution in [1.82, 2.24) is 9.97 Å². The van der Waals surface area contributed by atoms with Gasteiger partial charge < -0.3 is 10.6 Å². The van der Waals surface area contributed by atoms with Crippen LogP contribution in [0.3, 0.4) is 0 Å². The molecule has 138 valence electrons. The number of amides is 1. The highest BCUT2D eigenvalue weighted by Crippen LogP contribution is 2.20. The topological polar surface area (TPSA) is 66.9 Å². The number of hydrogen-bond acceptors (Lipinski definition) is 4. The number of hydrogen-bond donors (Lipinski definition) is 2. The van der Waals surface area contributed by atoms with Crippen LogP contribution in [0.2, 0.25) is 0 Å². The zero-order valence-electron chi connectivity index (χ0n) is 16.3. The third-order valence-corrected chi connectivity index (χ3v) is 4.19. The average molecular weight is 360 g/mol. The van der Waals surface area contributed by atoms with Gasteiger partial charge in [0.15, 0.2) is 0 Å². The third-order valence-electron chi connectivity index (χ3n) is 4.19. The zero-order valence-corrected chi connectivity index (χ0v) is 16.3. The molecule has 0 bridgehead atoms. The van der Waals surface area contributed by atoms with Gasteiger partial charge in [0, 0.05) is 17.1 Å². The SMILES string of the molecule is Cc1cc(C)cc(NC(=O)c2cc(C)nc(Nc3ccc(C)cc3C)n2)c1. The van der Waals surface area contributed by atoms with Crippen molar-refractivity contribution in [3.8, 4) is 0 Å². The lowest BCUT2D eigenvalue weighted by atomic mass is 10.1. The number of aromatic nitrogens is 2. The monoisotopic (exact) mass is 360 g/mol. The molecule has 2 aromatic carbocycles. The summed E-state index contributed by atoms with van der Waals surface area (Å²) in [5.74, 6) is 0.154. The van der Waals surface area contributed by atoms with Crippen molar-refractivity contribution in [1.29, 1.82) is 0 Å². The fraction of sp³-hybridized carbons (Fsp3) is 0.227. The molecule has 0 unspecified atom stereocenters. The molecule has 1 heterocycles. The lowest BCUT2D eigenvalue weighted by Crippen LogP contribution is -2.15. The van der Waals surface area contributed by atoms with Crippen molar-refractivity contribution in [3.05, 3.63) is 76.1 Å². The number of anilines is 3. The number of aryl methyl sites for hydroxylation is 5. The highest BCUT2D eigenvalue weighted by Gasteiger charge is 2.12. The number of rotatable bonds is 4. The molecule has 0 atom stereocenters. The first-order chi connectivity index (χ1) is 12.8. The van der Waals surface area contributed by atoms with E-state index in [1.54, 1.807) is 6.07 Å². The standard InChI is InChI=1S/C22H24N4O/c1-13-6-7-19(16(4)9-13)25-22-23-17(5)12-20(26-22)21(27)24-18-10-14(2)8-15(3)11-18/h6-12H,1-5H3,(H,24,27)(H,23,25,26). The molecule has 0 aliphatic rings. The molecular formula is C22H24N4O. The largest absolute Gasteiger partial charge is 0.324 e. The van der Waals surface area contributed by atoms with Crippen LogP contribution < -0.4 is 10.6 Å². The van der Waals surface area contributed by atoms with Gasteiger partial charge in [-0.05, 0) is 75.6 Å². The zero-order chi connectivity index (χ0) is 19.6. The molecule has 0 saturated carbocycles. The van der Waals surface area contributed by atoms with Crippen LogP contribution in [0.4, 0.5) is 17.3 Å². The molecule has 1 aromatic heterocycles. The van der Waals surface area contributed by atoms with Crippen molar-refractivity contribution in [2.75, 3.05) is 10.6 Å². The molecule has 27 heavy (non-hydrogen) atoms. The molecule has 5 heteroatoms. The van der Waals surface area contributed by atoms with E-state index in [0.717, 1.165) is 33.8 Å². The maximum Gasteiger partial charge on any atom is 0.274 e. The molecule has 0 aliphatic heterocycles. The van der Waals surface area contributed by atoms with E-state index in [1.807, 2.05) is 52.0 Å². The second kappa shape index (κ2) is 7.58. The summed E-state index contributed by atoms with van der Waals surface area (Å²) in [4.78, 5) is 21.5. The van der Waals surface area contributed by atoms with Gasteiger partial charge in [-0.25, -0.2) is 9.97 Å². The molecule has 3 rings (SSSR count). The molecule has 1 amide bonds. The van der Waals surface area contributed by atoms with Gasteiger partial charge >= 0.3 is 0 Å². The van der Waals surface area contributed by atoms with Gasteiger partial charge in [0.05, 0.1) is 0 Å². The van der Waals surface area contributed by atoms with E-state index < -0.39 is 0 Å². The predicted octanol–water partition coefficient (Wildman–Crippen LogP) is 5.01. The summed E-state index contributed by atoms with van der Waals surface area (Å²) in [6, 6.07) is 13.7. The summed E-state index contributed by atoms with van der Waals surface area (Å²) < 4.78 is 0. The first kappa shape index (κ1) is 18.6. The van der Waals surface area contributed by atoms with Gasteiger partial charge in [-0.2, -0.15) is 0 Å². The fourth-order valence-corrected chi connectivity index (χ4v) is 3.06. The summed E-state index contributed by atoms with van der Waals surface area (Å²) in [5.41, 5.74) is 7.22. The average Bonchev–Trinajstić information content (AvgIpc) is 2.56. The Bertz CT molecular complexity index is 991. The normalized spacial score (nSPS) is 10.6. The van der Waals surface area contributed by atoms with Gasteiger partial charge in [-0.15, -0.1) is 0 Å². The summed E-state index contributed by atoms with van der Waals surface area (Å²) >= 11 is 0. The van der Waals surface area contributed by atoms with E-state index >= 15 is 0 Å². The lowest BCUT2D eigenvalue weighted by Gasteiger charge is -2.11. The van der Waals surface area contributed by atoms with Crippen molar-refractivity contribution < 1.29 is 4.79 Å².